The highest BCUT2D eigenvalue weighted by molar-refractivity contribution is 14.0. The molecule has 152 valence electrons. The molecule has 0 bridgehead atoms. The first-order valence-electron chi connectivity index (χ1n) is 9.75. The van der Waals surface area contributed by atoms with E-state index in [2.05, 4.69) is 69.1 Å². The summed E-state index contributed by atoms with van der Waals surface area (Å²) in [5, 5.41) is 4.38. The molecule has 0 radical (unpaired) electrons. The highest BCUT2D eigenvalue weighted by Gasteiger charge is 2.25. The lowest BCUT2D eigenvalue weighted by Crippen LogP contribution is -2.50. The molecule has 27 heavy (non-hydrogen) atoms. The van der Waals surface area contributed by atoms with E-state index in [0.717, 1.165) is 51.9 Å². The zero-order valence-electron chi connectivity index (χ0n) is 16.5. The summed E-state index contributed by atoms with van der Waals surface area (Å²) in [5.74, 6) is 2.23. The predicted octanol–water partition coefficient (Wildman–Crippen LogP) is 3.08. The molecule has 5 nitrogen and oxygen atoms in total. The van der Waals surface area contributed by atoms with E-state index in [4.69, 9.17) is 4.74 Å². The van der Waals surface area contributed by atoms with Crippen molar-refractivity contribution in [1.82, 2.24) is 15.1 Å². The minimum absolute atomic E-state index is 0. The van der Waals surface area contributed by atoms with Crippen molar-refractivity contribution in [1.29, 1.82) is 0 Å². The number of morpholine rings is 1. The molecule has 2 heterocycles. The number of benzene rings is 1. The first-order valence-corrected chi connectivity index (χ1v) is 10.8. The number of thioether (sulfide) groups is 1. The van der Waals surface area contributed by atoms with E-state index >= 15 is 0 Å². The lowest BCUT2D eigenvalue weighted by atomic mass is 10.0. The number of nitrogens with one attached hydrogen (secondary N) is 1. The Bertz CT molecular complexity index is 568. The van der Waals surface area contributed by atoms with Gasteiger partial charge < -0.3 is 15.0 Å². The number of aliphatic imine (C=N–C) groups is 1. The second kappa shape index (κ2) is 12.1. The molecular weight excluding hydrogens is 471 g/mol. The van der Waals surface area contributed by atoms with Crippen LogP contribution < -0.4 is 5.32 Å². The third-order valence-electron chi connectivity index (χ3n) is 5.23. The van der Waals surface area contributed by atoms with Crippen LogP contribution in [0.3, 0.4) is 0 Å². The molecule has 2 atom stereocenters. The maximum absolute atomic E-state index is 5.56. The van der Waals surface area contributed by atoms with Crippen molar-refractivity contribution in [2.24, 2.45) is 4.99 Å². The van der Waals surface area contributed by atoms with Crippen LogP contribution in [0.1, 0.15) is 24.9 Å². The van der Waals surface area contributed by atoms with Gasteiger partial charge >= 0.3 is 0 Å². The van der Waals surface area contributed by atoms with Gasteiger partial charge in [0.25, 0.3) is 0 Å². The van der Waals surface area contributed by atoms with Gasteiger partial charge in [0.1, 0.15) is 0 Å². The maximum Gasteiger partial charge on any atom is 0.193 e. The van der Waals surface area contributed by atoms with Crippen LogP contribution >= 0.6 is 35.7 Å². The normalized spacial score (nSPS) is 22.8. The average molecular weight is 504 g/mol. The molecule has 1 aromatic rings. The van der Waals surface area contributed by atoms with E-state index in [0.29, 0.717) is 11.3 Å². The first kappa shape index (κ1) is 22.8. The number of guanidine groups is 1. The summed E-state index contributed by atoms with van der Waals surface area (Å²) in [5.41, 5.74) is 1.36. The lowest BCUT2D eigenvalue weighted by molar-refractivity contribution is 0.0169. The van der Waals surface area contributed by atoms with Crippen molar-refractivity contribution in [3.05, 3.63) is 35.9 Å². The molecule has 0 spiro atoms. The number of ether oxygens (including phenoxy) is 1. The fraction of sp³-hybridized carbons (Fsp3) is 0.650. The summed E-state index contributed by atoms with van der Waals surface area (Å²) in [6.07, 6.45) is 1.22. The van der Waals surface area contributed by atoms with Gasteiger partial charge in [-0.15, -0.1) is 24.0 Å². The molecular formula is C20H33IN4OS. The zero-order valence-corrected chi connectivity index (χ0v) is 19.6. The molecule has 2 aliphatic heterocycles. The molecule has 2 aliphatic rings. The van der Waals surface area contributed by atoms with Crippen LogP contribution in [0.4, 0.5) is 0 Å². The number of nitrogens with zero attached hydrogens (tertiary/aromatic N) is 3. The Morgan fingerprint density at radius 3 is 2.67 bits per heavy atom. The Balaban J connectivity index is 0.00000261. The zero-order chi connectivity index (χ0) is 18.2. The average Bonchev–Trinajstić information content (AvgIpc) is 2.72. The quantitative estimate of drug-likeness (QED) is 0.379. The van der Waals surface area contributed by atoms with Gasteiger partial charge in [-0.2, -0.15) is 11.8 Å². The summed E-state index contributed by atoms with van der Waals surface area (Å²) in [4.78, 5) is 9.52. The summed E-state index contributed by atoms with van der Waals surface area (Å²) in [6, 6.07) is 11.2. The topological polar surface area (TPSA) is 40.1 Å². The molecule has 0 saturated carbocycles. The predicted molar refractivity (Wildman–Crippen MR) is 126 cm³/mol. The van der Waals surface area contributed by atoms with Crippen molar-refractivity contribution < 1.29 is 4.74 Å². The largest absolute Gasteiger partial charge is 0.379 e. The molecule has 0 amide bonds. The van der Waals surface area contributed by atoms with Gasteiger partial charge in [0.05, 0.1) is 19.3 Å². The number of hydrogen-bond donors (Lipinski definition) is 1. The first-order chi connectivity index (χ1) is 12.8. The number of halogens is 1. The van der Waals surface area contributed by atoms with Crippen molar-refractivity contribution >= 4 is 41.7 Å². The fourth-order valence-electron chi connectivity index (χ4n) is 3.70. The van der Waals surface area contributed by atoms with E-state index in [9.17, 15) is 0 Å². The smallest absolute Gasteiger partial charge is 0.193 e. The van der Waals surface area contributed by atoms with Gasteiger partial charge in [0, 0.05) is 50.8 Å². The van der Waals surface area contributed by atoms with E-state index in [-0.39, 0.29) is 24.0 Å². The third-order valence-corrected chi connectivity index (χ3v) is 6.60. The Kier molecular flexibility index (Phi) is 10.2. The Hall–Kier alpha value is -0.510. The lowest BCUT2D eigenvalue weighted by Gasteiger charge is -2.37. The highest BCUT2D eigenvalue weighted by Crippen LogP contribution is 2.23. The molecule has 2 unspecified atom stereocenters. The van der Waals surface area contributed by atoms with Gasteiger partial charge in [0.2, 0.25) is 0 Å². The van der Waals surface area contributed by atoms with Crippen LogP contribution in [0.5, 0.6) is 0 Å². The molecule has 0 aromatic heterocycles. The number of rotatable bonds is 5. The fourth-order valence-corrected chi connectivity index (χ4v) is 4.88. The van der Waals surface area contributed by atoms with E-state index < -0.39 is 0 Å². The van der Waals surface area contributed by atoms with Crippen LogP contribution in [0.15, 0.2) is 35.3 Å². The maximum atomic E-state index is 5.56. The van der Waals surface area contributed by atoms with Crippen molar-refractivity contribution in [3.8, 4) is 0 Å². The summed E-state index contributed by atoms with van der Waals surface area (Å²) < 4.78 is 5.56. The van der Waals surface area contributed by atoms with Gasteiger partial charge in [-0.3, -0.25) is 9.89 Å². The van der Waals surface area contributed by atoms with Crippen LogP contribution in [0.25, 0.3) is 0 Å². The van der Waals surface area contributed by atoms with Gasteiger partial charge in [0.15, 0.2) is 5.96 Å². The standard InChI is InChI=1S/C20H32N4OS.HI/c1-3-18-16-24(11-14-26-18)20(21-2)22-15-19(17-7-5-4-6-8-17)23-9-12-25-13-10-23;/h4-8,18-19H,3,9-16H2,1-2H3,(H,21,22);1H. The Morgan fingerprint density at radius 1 is 1.26 bits per heavy atom. The molecule has 2 saturated heterocycles. The van der Waals surface area contributed by atoms with Crippen LogP contribution in [-0.2, 0) is 4.74 Å². The minimum atomic E-state index is 0. The second-order valence-electron chi connectivity index (χ2n) is 6.85. The monoisotopic (exact) mass is 504 g/mol. The van der Waals surface area contributed by atoms with Crippen molar-refractivity contribution in [2.45, 2.75) is 24.6 Å². The van der Waals surface area contributed by atoms with Gasteiger partial charge in [-0.25, -0.2) is 0 Å². The van der Waals surface area contributed by atoms with Crippen molar-refractivity contribution in [2.75, 3.05) is 58.7 Å². The third kappa shape index (κ3) is 6.51. The van der Waals surface area contributed by atoms with Gasteiger partial charge in [-0.1, -0.05) is 37.3 Å². The Morgan fingerprint density at radius 2 is 2.00 bits per heavy atom. The van der Waals surface area contributed by atoms with E-state index in [1.807, 2.05) is 7.05 Å². The minimum Gasteiger partial charge on any atom is -0.379 e. The summed E-state index contributed by atoms with van der Waals surface area (Å²) >= 11 is 2.09. The molecule has 1 N–H and O–H groups in total. The van der Waals surface area contributed by atoms with E-state index in [1.165, 1.54) is 17.7 Å². The molecule has 1 aromatic carbocycles. The molecule has 3 rings (SSSR count). The summed E-state index contributed by atoms with van der Waals surface area (Å²) in [7, 11) is 1.90. The SMILES string of the molecule is CCC1CN(C(=NC)NCC(c2ccccc2)N2CCOCC2)CCS1.I. The van der Waals surface area contributed by atoms with E-state index in [1.54, 1.807) is 0 Å². The van der Waals surface area contributed by atoms with Crippen LogP contribution in [0, 0.1) is 0 Å². The van der Waals surface area contributed by atoms with Crippen molar-refractivity contribution in [3.63, 3.8) is 0 Å². The van der Waals surface area contributed by atoms with Gasteiger partial charge in [-0.05, 0) is 12.0 Å². The summed E-state index contributed by atoms with van der Waals surface area (Å²) in [6.45, 7) is 8.93. The molecule has 0 aliphatic carbocycles. The number of hydrogen-bond acceptors (Lipinski definition) is 4. The molecule has 2 fully saturated rings. The van der Waals surface area contributed by atoms with Crippen LogP contribution in [0.2, 0.25) is 0 Å². The highest BCUT2D eigenvalue weighted by atomic mass is 127. The van der Waals surface area contributed by atoms with Crippen LogP contribution in [-0.4, -0.2) is 79.7 Å². The second-order valence-corrected chi connectivity index (χ2v) is 8.26. The molecule has 7 heteroatoms. The Labute approximate surface area is 185 Å².